The van der Waals surface area contributed by atoms with Crippen molar-refractivity contribution in [1.29, 1.82) is 0 Å². The monoisotopic (exact) mass is 265 g/mol. The highest BCUT2D eigenvalue weighted by atomic mass is 16.5. The van der Waals surface area contributed by atoms with Gasteiger partial charge in [-0.05, 0) is 25.8 Å². The molecule has 1 amide bonds. The number of nitrogens with zero attached hydrogens (tertiary/aromatic N) is 1. The summed E-state index contributed by atoms with van der Waals surface area (Å²) in [5.74, 6) is -0.0791. The van der Waals surface area contributed by atoms with Crippen LogP contribution in [0.4, 0.5) is 5.69 Å². The zero-order valence-corrected chi connectivity index (χ0v) is 11.9. The molecule has 1 heterocycles. The molecule has 0 radical (unpaired) electrons. The van der Waals surface area contributed by atoms with Gasteiger partial charge in [-0.3, -0.25) is 9.78 Å². The van der Waals surface area contributed by atoms with Crippen LogP contribution in [0.15, 0.2) is 18.5 Å². The number of anilines is 1. The summed E-state index contributed by atoms with van der Waals surface area (Å²) in [4.78, 5) is 16.2. The van der Waals surface area contributed by atoms with E-state index in [4.69, 9.17) is 4.74 Å². The third kappa shape index (κ3) is 5.26. The quantitative estimate of drug-likeness (QED) is 0.755. The standard InChI is InChI=1S/C14H23N3O2/c1-4-7-16-13-10-15-8-5-12(13)14(18)17-11(2)6-9-19-3/h5,8,10-11,16H,4,6-7,9H2,1-3H3,(H,17,18). The largest absolute Gasteiger partial charge is 0.385 e. The van der Waals surface area contributed by atoms with E-state index in [9.17, 15) is 4.79 Å². The number of rotatable bonds is 8. The van der Waals surface area contributed by atoms with Crippen molar-refractivity contribution < 1.29 is 9.53 Å². The summed E-state index contributed by atoms with van der Waals surface area (Å²) in [7, 11) is 1.66. The summed E-state index contributed by atoms with van der Waals surface area (Å²) in [6.45, 7) is 5.51. The van der Waals surface area contributed by atoms with Crippen molar-refractivity contribution in [3.05, 3.63) is 24.0 Å². The highest BCUT2D eigenvalue weighted by molar-refractivity contribution is 5.99. The zero-order valence-electron chi connectivity index (χ0n) is 11.9. The van der Waals surface area contributed by atoms with Crippen LogP contribution in [0.25, 0.3) is 0 Å². The van der Waals surface area contributed by atoms with E-state index >= 15 is 0 Å². The Kier molecular flexibility index (Phi) is 6.89. The van der Waals surface area contributed by atoms with E-state index in [-0.39, 0.29) is 11.9 Å². The lowest BCUT2D eigenvalue weighted by Crippen LogP contribution is -2.33. The summed E-state index contributed by atoms with van der Waals surface area (Å²) >= 11 is 0. The molecule has 1 aromatic heterocycles. The number of methoxy groups -OCH3 is 1. The molecule has 0 bridgehead atoms. The summed E-state index contributed by atoms with van der Waals surface area (Å²) in [6.07, 6.45) is 5.11. The molecule has 0 aliphatic heterocycles. The van der Waals surface area contributed by atoms with Gasteiger partial charge in [0.1, 0.15) is 0 Å². The second kappa shape index (κ2) is 8.48. The first-order chi connectivity index (χ1) is 9.19. The number of nitrogens with one attached hydrogen (secondary N) is 2. The summed E-state index contributed by atoms with van der Waals surface area (Å²) in [5, 5.41) is 6.17. The number of ether oxygens (including phenoxy) is 1. The number of carbonyl (C=O) groups is 1. The van der Waals surface area contributed by atoms with Crippen LogP contribution in [0.1, 0.15) is 37.0 Å². The lowest BCUT2D eigenvalue weighted by atomic mass is 10.1. The second-order valence-electron chi connectivity index (χ2n) is 4.50. The van der Waals surface area contributed by atoms with Crippen LogP contribution in [0, 0.1) is 0 Å². The Bertz CT molecular complexity index is 396. The highest BCUT2D eigenvalue weighted by Gasteiger charge is 2.13. The van der Waals surface area contributed by atoms with E-state index in [1.807, 2.05) is 6.92 Å². The number of hydrogen-bond donors (Lipinski definition) is 2. The Morgan fingerprint density at radius 1 is 1.53 bits per heavy atom. The molecule has 0 aromatic carbocycles. The van der Waals surface area contributed by atoms with Crippen molar-refractivity contribution >= 4 is 11.6 Å². The van der Waals surface area contributed by atoms with Gasteiger partial charge in [0, 0.05) is 32.5 Å². The molecule has 106 valence electrons. The Labute approximate surface area is 114 Å². The first kappa shape index (κ1) is 15.4. The van der Waals surface area contributed by atoms with Crippen LogP contribution in [0.5, 0.6) is 0 Å². The van der Waals surface area contributed by atoms with Gasteiger partial charge in [0.15, 0.2) is 0 Å². The first-order valence-electron chi connectivity index (χ1n) is 6.66. The van der Waals surface area contributed by atoms with Crippen molar-refractivity contribution in [2.75, 3.05) is 25.6 Å². The average Bonchev–Trinajstić information content (AvgIpc) is 2.43. The molecular formula is C14H23N3O2. The summed E-state index contributed by atoms with van der Waals surface area (Å²) < 4.78 is 5.00. The fraction of sp³-hybridized carbons (Fsp3) is 0.571. The number of amides is 1. The third-order valence-corrected chi connectivity index (χ3v) is 2.76. The third-order valence-electron chi connectivity index (χ3n) is 2.76. The van der Waals surface area contributed by atoms with Gasteiger partial charge in [-0.25, -0.2) is 0 Å². The molecule has 0 aliphatic carbocycles. The molecule has 2 N–H and O–H groups in total. The van der Waals surface area contributed by atoms with Crippen LogP contribution < -0.4 is 10.6 Å². The van der Waals surface area contributed by atoms with Gasteiger partial charge < -0.3 is 15.4 Å². The molecule has 1 atom stereocenters. The Hall–Kier alpha value is -1.62. The first-order valence-corrected chi connectivity index (χ1v) is 6.66. The van der Waals surface area contributed by atoms with Gasteiger partial charge in [-0.1, -0.05) is 6.92 Å². The molecule has 0 spiro atoms. The van der Waals surface area contributed by atoms with Gasteiger partial charge in [-0.2, -0.15) is 0 Å². The van der Waals surface area contributed by atoms with Gasteiger partial charge in [-0.15, -0.1) is 0 Å². The molecule has 5 heteroatoms. The van der Waals surface area contributed by atoms with E-state index in [0.29, 0.717) is 12.2 Å². The molecule has 5 nitrogen and oxygen atoms in total. The van der Waals surface area contributed by atoms with Crippen LogP contribution >= 0.6 is 0 Å². The summed E-state index contributed by atoms with van der Waals surface area (Å²) in [5.41, 5.74) is 1.41. The smallest absolute Gasteiger partial charge is 0.253 e. The molecule has 0 fully saturated rings. The van der Waals surface area contributed by atoms with Crippen molar-refractivity contribution in [3.8, 4) is 0 Å². The van der Waals surface area contributed by atoms with Crippen molar-refractivity contribution in [1.82, 2.24) is 10.3 Å². The second-order valence-corrected chi connectivity index (χ2v) is 4.50. The molecule has 0 saturated carbocycles. The lowest BCUT2D eigenvalue weighted by Gasteiger charge is -2.15. The van der Waals surface area contributed by atoms with E-state index in [2.05, 4.69) is 22.5 Å². The highest BCUT2D eigenvalue weighted by Crippen LogP contribution is 2.13. The van der Waals surface area contributed by atoms with Gasteiger partial charge in [0.2, 0.25) is 0 Å². The molecule has 0 aliphatic rings. The van der Waals surface area contributed by atoms with E-state index in [1.165, 1.54) is 0 Å². The predicted molar refractivity (Wildman–Crippen MR) is 76.4 cm³/mol. The van der Waals surface area contributed by atoms with Gasteiger partial charge in [0.05, 0.1) is 17.4 Å². The normalized spacial score (nSPS) is 11.9. The van der Waals surface area contributed by atoms with E-state index < -0.39 is 0 Å². The van der Waals surface area contributed by atoms with Crippen LogP contribution in [-0.4, -0.2) is 37.2 Å². The van der Waals surface area contributed by atoms with E-state index in [0.717, 1.165) is 25.1 Å². The lowest BCUT2D eigenvalue weighted by molar-refractivity contribution is 0.0930. The fourth-order valence-corrected chi connectivity index (χ4v) is 1.66. The minimum atomic E-state index is -0.0791. The van der Waals surface area contributed by atoms with E-state index in [1.54, 1.807) is 25.6 Å². The van der Waals surface area contributed by atoms with Crippen molar-refractivity contribution in [3.63, 3.8) is 0 Å². The van der Waals surface area contributed by atoms with Crippen molar-refractivity contribution in [2.24, 2.45) is 0 Å². The van der Waals surface area contributed by atoms with Gasteiger partial charge in [0.25, 0.3) is 5.91 Å². The number of aromatic nitrogens is 1. The van der Waals surface area contributed by atoms with Gasteiger partial charge >= 0.3 is 0 Å². The van der Waals surface area contributed by atoms with Crippen molar-refractivity contribution in [2.45, 2.75) is 32.7 Å². The minimum absolute atomic E-state index is 0.0791. The molecule has 19 heavy (non-hydrogen) atoms. The zero-order chi connectivity index (χ0) is 14.1. The maximum absolute atomic E-state index is 12.2. The number of pyridine rings is 1. The predicted octanol–water partition coefficient (Wildman–Crippen LogP) is 2.06. The SMILES string of the molecule is CCCNc1cnccc1C(=O)NC(C)CCOC. The van der Waals surface area contributed by atoms with Crippen LogP contribution in [0.3, 0.4) is 0 Å². The molecule has 1 unspecified atom stereocenters. The number of carbonyl (C=O) groups excluding carboxylic acids is 1. The maximum Gasteiger partial charge on any atom is 0.253 e. The fourth-order valence-electron chi connectivity index (χ4n) is 1.66. The Morgan fingerprint density at radius 3 is 3.00 bits per heavy atom. The Morgan fingerprint density at radius 2 is 2.32 bits per heavy atom. The molecule has 1 rings (SSSR count). The molecule has 0 saturated heterocycles. The average molecular weight is 265 g/mol. The topological polar surface area (TPSA) is 63.2 Å². The summed E-state index contributed by atoms with van der Waals surface area (Å²) in [6, 6.07) is 1.82. The van der Waals surface area contributed by atoms with Crippen LogP contribution in [-0.2, 0) is 4.74 Å². The maximum atomic E-state index is 12.2. The molecule has 1 aromatic rings. The van der Waals surface area contributed by atoms with Crippen LogP contribution in [0.2, 0.25) is 0 Å². The Balaban J connectivity index is 2.65. The number of hydrogen-bond acceptors (Lipinski definition) is 4. The molecular weight excluding hydrogens is 242 g/mol. The minimum Gasteiger partial charge on any atom is -0.385 e.